The van der Waals surface area contributed by atoms with Crippen molar-refractivity contribution in [3.8, 4) is 11.3 Å². The number of pyridine rings is 1. The molecule has 11 atom stereocenters. The lowest BCUT2D eigenvalue weighted by Gasteiger charge is -2.73. The quantitative estimate of drug-likeness (QED) is 0.307. The van der Waals surface area contributed by atoms with Crippen molar-refractivity contribution in [2.24, 2.45) is 62.1 Å². The van der Waals surface area contributed by atoms with Gasteiger partial charge in [0.1, 0.15) is 5.82 Å². The van der Waals surface area contributed by atoms with Crippen LogP contribution in [0.25, 0.3) is 11.3 Å². The highest BCUT2D eigenvalue weighted by molar-refractivity contribution is 5.84. The van der Waals surface area contributed by atoms with Gasteiger partial charge < -0.3 is 19.5 Å². The van der Waals surface area contributed by atoms with E-state index in [2.05, 4.69) is 87.3 Å². The molecule has 0 bridgehead atoms. The van der Waals surface area contributed by atoms with Gasteiger partial charge in [-0.1, -0.05) is 41.5 Å². The predicted molar refractivity (Wildman–Crippen MR) is 215 cm³/mol. The Labute approximate surface area is 326 Å². The molecule has 2 aromatic rings. The van der Waals surface area contributed by atoms with E-state index in [9.17, 15) is 5.11 Å². The van der Waals surface area contributed by atoms with Gasteiger partial charge in [0.15, 0.2) is 0 Å². The Bertz CT molecular complexity index is 1750. The number of hydrogen-bond acceptors (Lipinski definition) is 5. The average molecular weight is 738 g/mol. The molecular formula is C47H71N5O2. The number of aliphatic hydroxyl groups is 1. The molecule has 9 rings (SSSR count). The zero-order chi connectivity index (χ0) is 38.1. The van der Waals surface area contributed by atoms with Crippen LogP contribution < -0.4 is 0 Å². The van der Waals surface area contributed by atoms with Gasteiger partial charge in [-0.15, -0.1) is 0 Å². The number of aromatic nitrogens is 3. The number of nitrogens with zero attached hydrogens (tertiary/aromatic N) is 5. The van der Waals surface area contributed by atoms with Crippen molar-refractivity contribution in [3.63, 3.8) is 0 Å². The van der Waals surface area contributed by atoms with Crippen LogP contribution in [0, 0.1) is 62.1 Å². The zero-order valence-electron chi connectivity index (χ0n) is 35.0. The van der Waals surface area contributed by atoms with E-state index in [0.717, 1.165) is 68.8 Å². The second-order valence-electron chi connectivity index (χ2n) is 21.9. The van der Waals surface area contributed by atoms with Gasteiger partial charge in [-0.3, -0.25) is 9.78 Å². The molecule has 7 heteroatoms. The third kappa shape index (κ3) is 5.20. The third-order valence-electron chi connectivity index (χ3n) is 19.1. The van der Waals surface area contributed by atoms with Crippen LogP contribution in [0.2, 0.25) is 0 Å². The molecule has 7 nitrogen and oxygen atoms in total. The number of likely N-dealkylation sites (N-methyl/N-ethyl adjacent to an activating group) is 1. The number of fused-ring (bicyclic) bond motifs is 7. The highest BCUT2D eigenvalue weighted by Gasteiger charge is 2.73. The summed E-state index contributed by atoms with van der Waals surface area (Å²) in [4.78, 5) is 30.2. The molecule has 7 aliphatic rings. The Kier molecular flexibility index (Phi) is 8.73. The van der Waals surface area contributed by atoms with Gasteiger partial charge in [0, 0.05) is 43.8 Å². The molecule has 1 saturated heterocycles. The summed E-state index contributed by atoms with van der Waals surface area (Å²) in [5.41, 5.74) is 2.91. The van der Waals surface area contributed by atoms with Gasteiger partial charge in [0.25, 0.3) is 0 Å². The number of likely N-dealkylation sites (tertiary alicyclic amines) is 1. The molecule has 54 heavy (non-hydrogen) atoms. The van der Waals surface area contributed by atoms with Gasteiger partial charge in [0.05, 0.1) is 23.3 Å². The second kappa shape index (κ2) is 12.6. The van der Waals surface area contributed by atoms with Crippen LogP contribution in [0.3, 0.4) is 0 Å². The summed E-state index contributed by atoms with van der Waals surface area (Å²) >= 11 is 0. The van der Waals surface area contributed by atoms with Crippen molar-refractivity contribution in [1.82, 2.24) is 24.3 Å². The number of rotatable bonds is 7. The van der Waals surface area contributed by atoms with E-state index in [1.807, 2.05) is 18.5 Å². The van der Waals surface area contributed by atoms with Gasteiger partial charge in [0.2, 0.25) is 5.91 Å². The third-order valence-corrected chi connectivity index (χ3v) is 19.1. The summed E-state index contributed by atoms with van der Waals surface area (Å²) in [6.45, 7) is 18.1. The molecule has 2 aromatic heterocycles. The summed E-state index contributed by atoms with van der Waals surface area (Å²) in [5, 5.41) is 11.2. The summed E-state index contributed by atoms with van der Waals surface area (Å²) in [5.74, 6) is 4.56. The Morgan fingerprint density at radius 1 is 0.870 bits per heavy atom. The molecule has 0 unspecified atom stereocenters. The van der Waals surface area contributed by atoms with Gasteiger partial charge >= 0.3 is 0 Å². The lowest BCUT2D eigenvalue weighted by molar-refractivity contribution is -0.249. The molecule has 7 fully saturated rings. The first kappa shape index (κ1) is 37.3. The maximum Gasteiger partial charge on any atom is 0.229 e. The first-order valence-corrected chi connectivity index (χ1v) is 22.2. The van der Waals surface area contributed by atoms with E-state index in [1.165, 1.54) is 57.8 Å². The second-order valence-corrected chi connectivity index (χ2v) is 21.9. The van der Waals surface area contributed by atoms with Crippen molar-refractivity contribution < 1.29 is 9.90 Å². The van der Waals surface area contributed by atoms with Crippen molar-refractivity contribution in [2.45, 2.75) is 150 Å². The smallest absolute Gasteiger partial charge is 0.229 e. The Morgan fingerprint density at radius 2 is 1.67 bits per heavy atom. The predicted octanol–water partition coefficient (Wildman–Crippen LogP) is 9.41. The van der Waals surface area contributed by atoms with Crippen LogP contribution in [-0.4, -0.2) is 68.6 Å². The van der Waals surface area contributed by atoms with Crippen LogP contribution in [0.5, 0.6) is 0 Å². The van der Waals surface area contributed by atoms with E-state index in [4.69, 9.17) is 4.98 Å². The van der Waals surface area contributed by atoms with Crippen LogP contribution in [-0.2, 0) is 11.3 Å². The molecule has 1 aliphatic heterocycles. The first-order valence-electron chi connectivity index (χ1n) is 22.2. The van der Waals surface area contributed by atoms with Crippen molar-refractivity contribution >= 4 is 5.91 Å². The van der Waals surface area contributed by atoms with Crippen molar-refractivity contribution in [3.05, 3.63) is 36.5 Å². The van der Waals surface area contributed by atoms with E-state index in [0.29, 0.717) is 40.9 Å². The fraction of sp³-hybridized carbons (Fsp3) is 0.809. The van der Waals surface area contributed by atoms with E-state index >= 15 is 4.79 Å². The minimum absolute atomic E-state index is 0.0243. The molecule has 1 N–H and O–H groups in total. The largest absolute Gasteiger partial charge is 0.393 e. The number of hydrogen-bond donors (Lipinski definition) is 1. The molecule has 6 saturated carbocycles. The van der Waals surface area contributed by atoms with E-state index < -0.39 is 0 Å². The van der Waals surface area contributed by atoms with Crippen LogP contribution >= 0.6 is 0 Å². The highest BCUT2D eigenvalue weighted by Crippen LogP contribution is 2.79. The Hall–Kier alpha value is -2.25. The maximum absolute atomic E-state index is 15.9. The molecular weight excluding hydrogens is 667 g/mol. The number of aliphatic hydroxyl groups excluding tert-OH is 1. The topological polar surface area (TPSA) is 74.5 Å². The van der Waals surface area contributed by atoms with Crippen LogP contribution in [0.4, 0.5) is 0 Å². The van der Waals surface area contributed by atoms with Crippen LogP contribution in [0.15, 0.2) is 30.7 Å². The molecule has 0 radical (unpaired) electrons. The van der Waals surface area contributed by atoms with E-state index in [1.54, 1.807) is 0 Å². The van der Waals surface area contributed by atoms with Gasteiger partial charge in [-0.05, 0) is 173 Å². The minimum Gasteiger partial charge on any atom is -0.393 e. The first-order chi connectivity index (χ1) is 25.6. The number of amides is 1. The molecule has 0 aromatic carbocycles. The molecule has 6 aliphatic carbocycles. The summed E-state index contributed by atoms with van der Waals surface area (Å²) in [6.07, 6.45) is 22.2. The van der Waals surface area contributed by atoms with Crippen LogP contribution in [0.1, 0.15) is 143 Å². The Balaban J connectivity index is 1.07. The highest BCUT2D eigenvalue weighted by atomic mass is 16.3. The molecule has 3 heterocycles. The maximum atomic E-state index is 15.9. The summed E-state index contributed by atoms with van der Waals surface area (Å²) < 4.78 is 2.36. The van der Waals surface area contributed by atoms with Gasteiger partial charge in [-0.25, -0.2) is 4.98 Å². The van der Waals surface area contributed by atoms with Crippen molar-refractivity contribution in [1.29, 1.82) is 0 Å². The fourth-order valence-corrected chi connectivity index (χ4v) is 15.7. The molecule has 0 spiro atoms. The molecule has 1 amide bonds. The van der Waals surface area contributed by atoms with Crippen molar-refractivity contribution in [2.75, 3.05) is 27.2 Å². The minimum atomic E-state index is -0.252. The average Bonchev–Trinajstić information content (AvgIpc) is 3.49. The lowest BCUT2D eigenvalue weighted by atomic mass is 9.32. The summed E-state index contributed by atoms with van der Waals surface area (Å²) in [6, 6.07) is 4.12. The van der Waals surface area contributed by atoms with Gasteiger partial charge in [-0.2, -0.15) is 0 Å². The SMILES string of the molecule is CN(C)CCn1cc(-c2cccnc2)nc1[C@@H]1CCCN1C(=O)[C@]12CC[C@@H](C3(C)CC3)[C@@H]1[C@H]1CC[C@@H]3[C@@]4(C)CC[C@H](O)C(C)(C)[C@@H]4CC[C@@]3(C)[C@]1(C)CC2. The zero-order valence-corrected chi connectivity index (χ0v) is 35.0. The number of imidazole rings is 1. The summed E-state index contributed by atoms with van der Waals surface area (Å²) in [7, 11) is 4.27. The molecule has 296 valence electrons. The normalized spacial score (nSPS) is 43.3. The Morgan fingerprint density at radius 3 is 2.39 bits per heavy atom. The monoisotopic (exact) mass is 738 g/mol. The fourth-order valence-electron chi connectivity index (χ4n) is 15.7. The van der Waals surface area contributed by atoms with E-state index in [-0.39, 0.29) is 39.2 Å². The lowest BCUT2D eigenvalue weighted by Crippen LogP contribution is -2.67. The number of carbonyl (C=O) groups is 1. The number of carbonyl (C=O) groups excluding carboxylic acids is 1. The standard InChI is InChI=1S/C47H71N5O2/c1-42(2)36-16-19-46(6)37(44(36,4)18-17-38(42)53)14-13-33-39-32(43(3)21-22-43)15-20-47(39,24-23-45(33,46)5)41(54)52-26-10-12-35(52)40-49-34(31-11-9-25-48-29-31)30-51(40)28-27-50(7)8/h9,11,25,29-30,32-33,35-39,53H,10,12-24,26-28H2,1-8H3/t32-,33-,35+,36+,37-,38+,39-,44+,45-,46-,47+/m1/s1.